The van der Waals surface area contributed by atoms with Crippen molar-refractivity contribution >= 4 is 52.5 Å². The van der Waals surface area contributed by atoms with Crippen molar-refractivity contribution in [3.05, 3.63) is 51.5 Å². The maximum absolute atomic E-state index is 10.6. The van der Waals surface area contributed by atoms with Gasteiger partial charge in [0.15, 0.2) is 6.29 Å². The molecule has 41 heavy (non-hydrogen) atoms. The minimum absolute atomic E-state index is 0.417. The van der Waals surface area contributed by atoms with Crippen LogP contribution in [0.15, 0.2) is 34.8 Å². The number of anilines is 2. The van der Waals surface area contributed by atoms with E-state index >= 15 is 0 Å². The number of halogens is 1. The standard InChI is InChI=1S/C10H14O.C9H9BrN2O2.C9H21N3.C2H3NO/c1-3-8-5-6-10(11)9(4-2)7-8;1-11-8-3-6(4-13)2-7(10)9(8)12-5-14;1-10-4-3-5-12-8-6-11(2)7-9-12;3-1-2-4/h5-7,11H,3-4H2,1-2H3;2-5,11H,1H3,(H,12,14);10H,3-9H2,1-2H3;1-3H. The first kappa shape index (κ1) is 37.9. The fourth-order valence-electron chi connectivity index (χ4n) is 3.79. The van der Waals surface area contributed by atoms with Crippen molar-refractivity contribution in [2.75, 3.05) is 71.0 Å². The van der Waals surface area contributed by atoms with Crippen molar-refractivity contribution in [1.82, 2.24) is 15.1 Å². The highest BCUT2D eigenvalue weighted by molar-refractivity contribution is 9.10. The van der Waals surface area contributed by atoms with Gasteiger partial charge < -0.3 is 36.3 Å². The zero-order valence-electron chi connectivity index (χ0n) is 25.0. The number of aldehydes is 2. The van der Waals surface area contributed by atoms with Crippen molar-refractivity contribution in [3.8, 4) is 5.75 Å². The lowest BCUT2D eigenvalue weighted by molar-refractivity contribution is -0.105. The molecule has 0 atom stereocenters. The topological polar surface area (TPSA) is 138 Å². The molecular formula is C30H47BrN6O4. The number of aryl methyl sites for hydroxylation is 2. The van der Waals surface area contributed by atoms with Crippen molar-refractivity contribution < 1.29 is 19.5 Å². The molecule has 1 saturated heterocycles. The van der Waals surface area contributed by atoms with Gasteiger partial charge in [0.25, 0.3) is 0 Å². The van der Waals surface area contributed by atoms with Crippen molar-refractivity contribution in [1.29, 1.82) is 5.41 Å². The van der Waals surface area contributed by atoms with Crippen molar-refractivity contribution in [2.24, 2.45) is 0 Å². The fourth-order valence-corrected chi connectivity index (χ4v) is 4.38. The Hall–Kier alpha value is -3.12. The number of aromatic hydroxyl groups is 1. The Kier molecular flexibility index (Phi) is 21.8. The molecule has 0 saturated carbocycles. The molecule has 2 aromatic rings. The van der Waals surface area contributed by atoms with Gasteiger partial charge in [-0.25, -0.2) is 0 Å². The van der Waals surface area contributed by atoms with Crippen LogP contribution in [-0.2, 0) is 22.4 Å². The van der Waals surface area contributed by atoms with E-state index in [0.29, 0.717) is 46.1 Å². The minimum atomic E-state index is 0.417. The second kappa shape index (κ2) is 23.6. The third-order valence-corrected chi connectivity index (χ3v) is 6.84. The number of carbonyl (C=O) groups is 3. The number of phenols is 1. The Bertz CT molecular complexity index is 1040. The highest BCUT2D eigenvalue weighted by Gasteiger charge is 2.12. The van der Waals surface area contributed by atoms with E-state index in [2.05, 4.69) is 68.6 Å². The van der Waals surface area contributed by atoms with Gasteiger partial charge in [0, 0.05) is 43.3 Å². The zero-order valence-corrected chi connectivity index (χ0v) is 26.6. The average Bonchev–Trinajstić information content (AvgIpc) is 3.00. The molecule has 10 nitrogen and oxygen atoms in total. The van der Waals surface area contributed by atoms with Gasteiger partial charge >= 0.3 is 0 Å². The number of nitrogens with zero attached hydrogens (tertiary/aromatic N) is 2. The number of piperazine rings is 1. The maximum atomic E-state index is 10.6. The van der Waals surface area contributed by atoms with Gasteiger partial charge in [0.05, 0.1) is 17.6 Å². The summed E-state index contributed by atoms with van der Waals surface area (Å²) in [6, 6.07) is 9.10. The van der Waals surface area contributed by atoms with E-state index in [4.69, 9.17) is 10.2 Å². The second-order valence-electron chi connectivity index (χ2n) is 9.13. The SMILES string of the molecule is CCc1ccc(O)c(CC)c1.CNCCCN1CCN(C)CC1.CNc1cc(C=O)cc(Br)c1NC=O.N=CC=O. The van der Waals surface area contributed by atoms with Crippen LogP contribution in [0, 0.1) is 5.41 Å². The first-order chi connectivity index (χ1) is 19.7. The van der Waals surface area contributed by atoms with Crippen LogP contribution in [0.5, 0.6) is 5.75 Å². The number of phenolic OH excluding ortho intramolecular Hbond substituents is 1. The molecule has 5 N–H and O–H groups in total. The zero-order chi connectivity index (χ0) is 31.0. The monoisotopic (exact) mass is 634 g/mol. The van der Waals surface area contributed by atoms with Crippen LogP contribution >= 0.6 is 15.9 Å². The maximum Gasteiger partial charge on any atom is 0.211 e. The number of nitrogens with one attached hydrogen (secondary N) is 4. The molecule has 1 heterocycles. The van der Waals surface area contributed by atoms with Crippen molar-refractivity contribution in [2.45, 2.75) is 33.1 Å². The summed E-state index contributed by atoms with van der Waals surface area (Å²) in [5.41, 5.74) is 4.18. The molecule has 1 amide bonds. The summed E-state index contributed by atoms with van der Waals surface area (Å²) in [5, 5.41) is 23.9. The Balaban J connectivity index is 0.000000552. The van der Waals surface area contributed by atoms with Gasteiger partial charge in [-0.1, -0.05) is 26.0 Å². The number of amides is 1. The van der Waals surface area contributed by atoms with Gasteiger partial charge in [-0.2, -0.15) is 0 Å². The third-order valence-electron chi connectivity index (χ3n) is 6.22. The first-order valence-electron chi connectivity index (χ1n) is 13.7. The van der Waals surface area contributed by atoms with Crippen LogP contribution in [0.25, 0.3) is 0 Å². The summed E-state index contributed by atoms with van der Waals surface area (Å²) in [5.74, 6) is 0.421. The van der Waals surface area contributed by atoms with Crippen LogP contribution in [0.3, 0.4) is 0 Å². The lowest BCUT2D eigenvalue weighted by Gasteiger charge is -2.32. The Morgan fingerprint density at radius 1 is 1.02 bits per heavy atom. The molecule has 1 fully saturated rings. The average molecular weight is 636 g/mol. The fraction of sp³-hybridized carbons (Fsp3) is 0.467. The molecule has 0 unspecified atom stereocenters. The molecular weight excluding hydrogens is 588 g/mol. The van der Waals surface area contributed by atoms with E-state index in [1.54, 1.807) is 25.2 Å². The molecule has 0 radical (unpaired) electrons. The number of carbonyl (C=O) groups excluding carboxylic acids is 3. The number of benzene rings is 2. The smallest absolute Gasteiger partial charge is 0.211 e. The van der Waals surface area contributed by atoms with E-state index < -0.39 is 0 Å². The van der Waals surface area contributed by atoms with E-state index in [0.717, 1.165) is 31.2 Å². The lowest BCUT2D eigenvalue weighted by atomic mass is 10.1. The van der Waals surface area contributed by atoms with Crippen LogP contribution < -0.4 is 16.0 Å². The van der Waals surface area contributed by atoms with E-state index in [1.165, 1.54) is 44.7 Å². The van der Waals surface area contributed by atoms with Crippen LogP contribution in [0.1, 0.15) is 41.8 Å². The summed E-state index contributed by atoms with van der Waals surface area (Å²) in [6.45, 7) is 11.5. The third kappa shape index (κ3) is 16.0. The molecule has 11 heteroatoms. The number of hydrogen-bond acceptors (Lipinski definition) is 9. The lowest BCUT2D eigenvalue weighted by Crippen LogP contribution is -2.45. The molecule has 0 bridgehead atoms. The quantitative estimate of drug-likeness (QED) is 0.142. The predicted molar refractivity (Wildman–Crippen MR) is 173 cm³/mol. The first-order valence-corrected chi connectivity index (χ1v) is 14.5. The summed E-state index contributed by atoms with van der Waals surface area (Å²) < 4.78 is 0.665. The van der Waals surface area contributed by atoms with Gasteiger partial charge in [-0.15, -0.1) is 0 Å². The number of hydrogen-bond donors (Lipinski definition) is 5. The predicted octanol–water partition coefficient (Wildman–Crippen LogP) is 4.07. The summed E-state index contributed by atoms with van der Waals surface area (Å²) in [6.07, 6.45) is 5.66. The minimum Gasteiger partial charge on any atom is -0.508 e. The van der Waals surface area contributed by atoms with E-state index in [1.807, 2.05) is 13.1 Å². The van der Waals surface area contributed by atoms with Gasteiger partial charge in [0.1, 0.15) is 12.0 Å². The normalized spacial score (nSPS) is 12.6. The number of rotatable bonds is 11. The Morgan fingerprint density at radius 2 is 1.68 bits per heavy atom. The van der Waals surface area contributed by atoms with Crippen molar-refractivity contribution in [3.63, 3.8) is 0 Å². The molecule has 0 aromatic heterocycles. The van der Waals surface area contributed by atoms with Gasteiger partial charge in [0.2, 0.25) is 6.41 Å². The van der Waals surface area contributed by atoms with E-state index in [9.17, 15) is 14.7 Å². The Labute approximate surface area is 253 Å². The van der Waals surface area contributed by atoms with E-state index in [-0.39, 0.29) is 0 Å². The summed E-state index contributed by atoms with van der Waals surface area (Å²) in [7, 11) is 5.93. The largest absolute Gasteiger partial charge is 0.508 e. The van der Waals surface area contributed by atoms with Crippen LogP contribution in [0.4, 0.5) is 11.4 Å². The van der Waals surface area contributed by atoms with Gasteiger partial charge in [-0.3, -0.25) is 14.4 Å². The Morgan fingerprint density at radius 3 is 2.17 bits per heavy atom. The second-order valence-corrected chi connectivity index (χ2v) is 9.98. The summed E-state index contributed by atoms with van der Waals surface area (Å²) in [4.78, 5) is 34.8. The molecule has 1 aliphatic rings. The van der Waals surface area contributed by atoms with Gasteiger partial charge in [-0.05, 0) is 91.7 Å². The molecule has 1 aliphatic heterocycles. The number of likely N-dealkylation sites (N-methyl/N-ethyl adjacent to an activating group) is 1. The molecule has 2 aromatic carbocycles. The molecule has 0 spiro atoms. The molecule has 3 rings (SSSR count). The highest BCUT2D eigenvalue weighted by atomic mass is 79.9. The molecule has 0 aliphatic carbocycles. The van der Waals surface area contributed by atoms with Crippen LogP contribution in [-0.4, -0.2) is 101 Å². The van der Waals surface area contributed by atoms with Crippen LogP contribution in [0.2, 0.25) is 0 Å². The highest BCUT2D eigenvalue weighted by Crippen LogP contribution is 2.31. The summed E-state index contributed by atoms with van der Waals surface area (Å²) >= 11 is 3.26. The molecule has 228 valence electrons.